The van der Waals surface area contributed by atoms with E-state index in [9.17, 15) is 14.9 Å². The molecule has 1 N–H and O–H groups in total. The molecule has 1 aromatic heterocycles. The second-order valence-electron chi connectivity index (χ2n) is 4.98. The maximum atomic E-state index is 12.0. The van der Waals surface area contributed by atoms with E-state index >= 15 is 0 Å². The van der Waals surface area contributed by atoms with Crippen molar-refractivity contribution < 1.29 is 14.2 Å². The average Bonchev–Trinajstić information content (AvgIpc) is 3.09. The molecule has 0 spiro atoms. The lowest BCUT2D eigenvalue weighted by Crippen LogP contribution is -2.22. The number of rotatable bonds is 5. The van der Waals surface area contributed by atoms with Gasteiger partial charge in [-0.15, -0.1) is 0 Å². The van der Waals surface area contributed by atoms with Crippen LogP contribution in [0.5, 0.6) is 0 Å². The first-order valence-electron chi connectivity index (χ1n) is 7.15. The normalized spacial score (nSPS) is 10.4. The minimum Gasteiger partial charge on any atom is -0.343 e. The van der Waals surface area contributed by atoms with Crippen LogP contribution in [0, 0.1) is 10.1 Å². The highest BCUT2D eigenvalue weighted by Crippen LogP contribution is 2.24. The van der Waals surface area contributed by atoms with Crippen LogP contribution in [-0.2, 0) is 6.54 Å². The van der Waals surface area contributed by atoms with Gasteiger partial charge in [-0.25, -0.2) is 0 Å². The van der Waals surface area contributed by atoms with E-state index in [0.29, 0.717) is 16.4 Å². The summed E-state index contributed by atoms with van der Waals surface area (Å²) in [6, 6.07) is 12.3. The Hall–Kier alpha value is -3.26. The number of nitro groups is 1. The number of hydrogen-bond donors (Lipinski definition) is 1. The molecular weight excluding hydrogens is 348 g/mol. The number of nitrogens with zero attached hydrogens (tertiary/aromatic N) is 3. The summed E-state index contributed by atoms with van der Waals surface area (Å²) >= 11 is 6.07. The van der Waals surface area contributed by atoms with Crippen LogP contribution in [0.4, 0.5) is 5.69 Å². The van der Waals surface area contributed by atoms with Gasteiger partial charge in [0.05, 0.1) is 16.5 Å². The van der Waals surface area contributed by atoms with Gasteiger partial charge in [-0.2, -0.15) is 4.98 Å². The highest BCUT2D eigenvalue weighted by Gasteiger charge is 2.13. The van der Waals surface area contributed by atoms with E-state index in [0.717, 1.165) is 0 Å². The predicted octanol–water partition coefficient (Wildman–Crippen LogP) is 3.23. The van der Waals surface area contributed by atoms with Gasteiger partial charge in [0, 0.05) is 23.3 Å². The van der Waals surface area contributed by atoms with E-state index in [4.69, 9.17) is 16.1 Å². The maximum absolute atomic E-state index is 12.0. The number of halogens is 1. The van der Waals surface area contributed by atoms with E-state index in [-0.39, 0.29) is 23.7 Å². The zero-order valence-corrected chi connectivity index (χ0v) is 13.4. The number of aromatic nitrogens is 2. The topological polar surface area (TPSA) is 111 Å². The number of carbonyl (C=O) groups excluding carboxylic acids is 1. The van der Waals surface area contributed by atoms with Crippen LogP contribution in [0.2, 0.25) is 5.02 Å². The third-order valence-electron chi connectivity index (χ3n) is 3.32. The number of non-ortho nitro benzene ring substituents is 1. The summed E-state index contributed by atoms with van der Waals surface area (Å²) in [5.74, 6) is 0.128. The Kier molecular flexibility index (Phi) is 4.71. The van der Waals surface area contributed by atoms with Crippen molar-refractivity contribution in [1.29, 1.82) is 0 Å². The first-order valence-corrected chi connectivity index (χ1v) is 7.52. The van der Waals surface area contributed by atoms with Gasteiger partial charge in [-0.05, 0) is 24.3 Å². The zero-order valence-electron chi connectivity index (χ0n) is 12.7. The molecule has 0 radical (unpaired) electrons. The van der Waals surface area contributed by atoms with E-state index in [1.807, 2.05) is 0 Å². The summed E-state index contributed by atoms with van der Waals surface area (Å²) in [4.78, 5) is 26.3. The standard InChI is InChI=1S/C16H11ClN4O4/c17-13-4-2-1-3-12(13)15-19-14(25-20-15)9-18-16(22)10-5-7-11(8-6-10)21(23)24/h1-8H,9H2,(H,18,22). The maximum Gasteiger partial charge on any atom is 0.269 e. The molecule has 0 aliphatic heterocycles. The lowest BCUT2D eigenvalue weighted by Gasteiger charge is -2.01. The Morgan fingerprint density at radius 1 is 1.20 bits per heavy atom. The fourth-order valence-corrected chi connectivity index (χ4v) is 2.29. The zero-order chi connectivity index (χ0) is 17.8. The van der Waals surface area contributed by atoms with Crippen molar-refractivity contribution in [2.75, 3.05) is 0 Å². The third kappa shape index (κ3) is 3.81. The molecule has 3 rings (SSSR count). The minimum absolute atomic E-state index is 0.0211. The van der Waals surface area contributed by atoms with Crippen molar-refractivity contribution in [3.8, 4) is 11.4 Å². The molecule has 0 bridgehead atoms. The second-order valence-corrected chi connectivity index (χ2v) is 5.39. The second kappa shape index (κ2) is 7.10. The van der Waals surface area contributed by atoms with E-state index in [1.165, 1.54) is 24.3 Å². The number of nitro benzene ring substituents is 1. The summed E-state index contributed by atoms with van der Waals surface area (Å²) < 4.78 is 5.09. The van der Waals surface area contributed by atoms with E-state index in [2.05, 4.69) is 15.5 Å². The molecule has 9 heteroatoms. The summed E-state index contributed by atoms with van der Waals surface area (Å²) in [7, 11) is 0. The third-order valence-corrected chi connectivity index (χ3v) is 3.65. The summed E-state index contributed by atoms with van der Waals surface area (Å²) in [6.45, 7) is 0.0211. The van der Waals surface area contributed by atoms with Gasteiger partial charge in [0.1, 0.15) is 0 Å². The van der Waals surface area contributed by atoms with E-state index in [1.54, 1.807) is 24.3 Å². The molecule has 2 aromatic carbocycles. The molecule has 8 nitrogen and oxygen atoms in total. The summed E-state index contributed by atoms with van der Waals surface area (Å²) in [5, 5.41) is 17.5. The minimum atomic E-state index is -0.531. The Balaban J connectivity index is 1.65. The lowest BCUT2D eigenvalue weighted by atomic mass is 10.2. The highest BCUT2D eigenvalue weighted by molar-refractivity contribution is 6.33. The Labute approximate surface area is 146 Å². The molecule has 0 aliphatic rings. The smallest absolute Gasteiger partial charge is 0.269 e. The molecule has 0 saturated heterocycles. The van der Waals surface area contributed by atoms with Crippen molar-refractivity contribution in [3.05, 3.63) is 75.1 Å². The van der Waals surface area contributed by atoms with Gasteiger partial charge in [-0.1, -0.05) is 28.9 Å². The van der Waals surface area contributed by atoms with Crippen molar-refractivity contribution >= 4 is 23.2 Å². The van der Waals surface area contributed by atoms with Gasteiger partial charge in [-0.3, -0.25) is 14.9 Å². The molecule has 0 aliphatic carbocycles. The first-order chi connectivity index (χ1) is 12.0. The quantitative estimate of drug-likeness (QED) is 0.553. The van der Waals surface area contributed by atoms with Crippen LogP contribution >= 0.6 is 11.6 Å². The molecule has 0 atom stereocenters. The van der Waals surface area contributed by atoms with Crippen LogP contribution in [0.15, 0.2) is 53.1 Å². The number of carbonyl (C=O) groups is 1. The van der Waals surface area contributed by atoms with Gasteiger partial charge in [0.15, 0.2) is 0 Å². The van der Waals surface area contributed by atoms with Gasteiger partial charge < -0.3 is 9.84 Å². The van der Waals surface area contributed by atoms with Crippen molar-refractivity contribution in [2.24, 2.45) is 0 Å². The van der Waals surface area contributed by atoms with Crippen LogP contribution in [0.1, 0.15) is 16.2 Å². The SMILES string of the molecule is O=C(NCc1nc(-c2ccccc2Cl)no1)c1ccc([N+](=O)[O-])cc1. The van der Waals surface area contributed by atoms with Crippen molar-refractivity contribution in [1.82, 2.24) is 15.5 Å². The van der Waals surface area contributed by atoms with Crippen LogP contribution in [0.25, 0.3) is 11.4 Å². The monoisotopic (exact) mass is 358 g/mol. The van der Waals surface area contributed by atoms with Crippen molar-refractivity contribution in [3.63, 3.8) is 0 Å². The molecule has 126 valence electrons. The average molecular weight is 359 g/mol. The molecular formula is C16H11ClN4O4. The lowest BCUT2D eigenvalue weighted by molar-refractivity contribution is -0.384. The number of amides is 1. The fourth-order valence-electron chi connectivity index (χ4n) is 2.07. The van der Waals surface area contributed by atoms with Gasteiger partial charge in [0.2, 0.25) is 11.7 Å². The fraction of sp³-hybridized carbons (Fsp3) is 0.0625. The summed E-state index contributed by atoms with van der Waals surface area (Å²) in [5.41, 5.74) is 0.829. The van der Waals surface area contributed by atoms with Crippen LogP contribution in [0.3, 0.4) is 0 Å². The van der Waals surface area contributed by atoms with Crippen LogP contribution < -0.4 is 5.32 Å². The highest BCUT2D eigenvalue weighted by atomic mass is 35.5. The van der Waals surface area contributed by atoms with E-state index < -0.39 is 10.8 Å². The number of benzene rings is 2. The van der Waals surface area contributed by atoms with Gasteiger partial charge >= 0.3 is 0 Å². The van der Waals surface area contributed by atoms with Gasteiger partial charge in [0.25, 0.3) is 11.6 Å². The Morgan fingerprint density at radius 2 is 1.92 bits per heavy atom. The largest absolute Gasteiger partial charge is 0.343 e. The number of hydrogen-bond acceptors (Lipinski definition) is 6. The predicted molar refractivity (Wildman–Crippen MR) is 89.0 cm³/mol. The molecule has 1 amide bonds. The molecule has 0 fully saturated rings. The molecule has 3 aromatic rings. The molecule has 25 heavy (non-hydrogen) atoms. The molecule has 1 heterocycles. The van der Waals surface area contributed by atoms with Crippen LogP contribution in [-0.4, -0.2) is 21.0 Å². The number of nitrogens with one attached hydrogen (secondary N) is 1. The van der Waals surface area contributed by atoms with Crippen molar-refractivity contribution in [2.45, 2.75) is 6.54 Å². The molecule has 0 saturated carbocycles. The first kappa shape index (κ1) is 16.6. The Bertz CT molecular complexity index is 924. The summed E-state index contributed by atoms with van der Waals surface area (Å²) in [6.07, 6.45) is 0. The Morgan fingerprint density at radius 3 is 2.60 bits per heavy atom. The molecule has 0 unspecified atom stereocenters.